The number of nitrogens with two attached hydrogens (primary N) is 4. The number of likely N-dealkylation sites (N-methyl/N-ethyl adjacent to an activating group) is 2. The number of anilines is 1. The van der Waals surface area contributed by atoms with Crippen LogP contribution in [0.4, 0.5) is 21.0 Å². The number of benzene rings is 1. The van der Waals surface area contributed by atoms with Crippen LogP contribution in [-0.4, -0.2) is 185 Å². The van der Waals surface area contributed by atoms with Crippen molar-refractivity contribution in [2.24, 2.45) is 35.1 Å². The van der Waals surface area contributed by atoms with Crippen LogP contribution in [0.5, 0.6) is 11.5 Å². The Kier molecular flexibility index (Phi) is 45.6. The SMILES string of the molecule is C=CCNC1=C2C[C@@H](C)C[C@H](OC)[C@H](O)[C@@H](C)/C=C(\C)[C@H](OC(N)=O)[C@@H](OC)/C=C\C=C(/C)C(=O)NC(=CC1=O)C2=O.C=CC[NH2+]c1c(O)cc2c(O)c1C[C@@H](C)C[C@H](OC)[C@H](O)[C@@H](C)/C=C(\C)[C@H](OC(N)=O)[C@@H](OC)/C=C\C=C(/C)C(=O)N2.CNCC(=O)Cl.C[NH2+]CC(=O)[O-].Cl.[Cl-]. The molecule has 4 amide bonds. The van der Waals surface area contributed by atoms with Gasteiger partial charge in [0.2, 0.25) is 16.8 Å². The number of carboxylic acids is 1. The number of aromatic hydroxyl groups is 2. The number of fused-ring (bicyclic) bond motifs is 4. The molecule has 4 rings (SSSR count). The Morgan fingerprint density at radius 3 is 1.61 bits per heavy atom. The van der Waals surface area contributed by atoms with Crippen LogP contribution in [0.1, 0.15) is 80.2 Å². The highest BCUT2D eigenvalue weighted by molar-refractivity contribution is 6.64. The summed E-state index contributed by atoms with van der Waals surface area (Å²) in [5.74, 6) is -4.44. The fourth-order valence-corrected chi connectivity index (χ4v) is 10.5. The predicted octanol–water partition coefficient (Wildman–Crippen LogP) is -0.197. The second-order valence-electron chi connectivity index (χ2n) is 23.2. The highest BCUT2D eigenvalue weighted by Gasteiger charge is 2.35. The molecule has 0 radical (unpaired) electrons. The van der Waals surface area contributed by atoms with Crippen LogP contribution in [0.2, 0.25) is 0 Å². The van der Waals surface area contributed by atoms with Crippen LogP contribution in [-0.2, 0) is 63.6 Å². The first-order valence-electron chi connectivity index (χ1n) is 31.0. The number of halogens is 3. The number of nitrogens with one attached hydrogen (secondary N) is 4. The van der Waals surface area contributed by atoms with E-state index in [1.165, 1.54) is 52.0 Å². The van der Waals surface area contributed by atoms with E-state index < -0.39 is 102 Å². The lowest BCUT2D eigenvalue weighted by Gasteiger charge is -2.30. The van der Waals surface area contributed by atoms with E-state index in [0.717, 1.165) is 6.08 Å². The Morgan fingerprint density at radius 1 is 0.765 bits per heavy atom. The number of carbonyl (C=O) groups excluding carboxylic acids is 8. The van der Waals surface area contributed by atoms with E-state index in [2.05, 4.69) is 34.4 Å². The van der Waals surface area contributed by atoms with Crippen LogP contribution in [0.25, 0.3) is 0 Å². The van der Waals surface area contributed by atoms with Crippen LogP contribution >= 0.6 is 24.0 Å². The van der Waals surface area contributed by atoms with Crippen LogP contribution in [0, 0.1) is 23.7 Å². The molecule has 12 atom stereocenters. The molecule has 4 bridgehead atoms. The molecule has 1 aromatic rings. The number of allylic oxidation sites excluding steroid dienone is 6. The summed E-state index contributed by atoms with van der Waals surface area (Å²) < 4.78 is 33.2. The van der Waals surface area contributed by atoms with Gasteiger partial charge < -0.3 is 115 Å². The van der Waals surface area contributed by atoms with Crippen molar-refractivity contribution in [3.8, 4) is 11.5 Å². The molecule has 3 aliphatic rings. The zero-order valence-corrected chi connectivity index (χ0v) is 60.6. The van der Waals surface area contributed by atoms with Crippen LogP contribution in [0.15, 0.2) is 125 Å². The minimum atomic E-state index is -1.02. The van der Waals surface area contributed by atoms with Crippen molar-refractivity contribution in [1.82, 2.24) is 16.0 Å². The Bertz CT molecular complexity index is 3090. The van der Waals surface area contributed by atoms with Crippen molar-refractivity contribution < 1.29 is 115 Å². The molecule has 2 heterocycles. The van der Waals surface area contributed by atoms with Gasteiger partial charge in [0.05, 0.1) is 73.2 Å². The van der Waals surface area contributed by atoms with Crippen LogP contribution < -0.4 is 60.9 Å². The van der Waals surface area contributed by atoms with Gasteiger partial charge in [-0.3, -0.25) is 24.0 Å². The van der Waals surface area contributed by atoms with Gasteiger partial charge in [-0.05, 0) is 101 Å². The lowest BCUT2D eigenvalue weighted by atomic mass is 9.85. The standard InChI is InChI=1S/C31H45N3O8.C31H43N3O8.C3H6ClNO.C3H7NO2.2ClH/c2*1-8-12-33-26-21-13-17(2)14-25(41-7)27(36)19(4)15-20(5)29(42-31(32)39)24(40-6)11-9-10-18(3)30(38)34-22(28(21)37)16-23(26)35;1-5-2-3(4)6;1-4-2-3(5)6;;/h8-11,15-17,19,24-25,27,29,33,35-37H,1,12-14H2,2-7H3,(H2,32,39)(H,34,38);8-11,15-17,19,24-25,27,29,33,36H,1,12-14H2,2-7H3,(H2,32,39)(H,34,38);5H,2H2,1H3;4H,2H2,1H3,(H,5,6);2*1H/b2*11-9-,18-10+,20-15+;;;;/t2*17-,19+,24+,25+,27-,29+;;;;/m11..../s1. The molecule has 98 heavy (non-hydrogen) atoms. The fourth-order valence-electron chi connectivity index (χ4n) is 10.3. The number of methoxy groups -OCH3 is 4. The maximum Gasteiger partial charge on any atom is 0.405 e. The summed E-state index contributed by atoms with van der Waals surface area (Å²) in [5, 5.41) is 67.8. The first-order valence-corrected chi connectivity index (χ1v) is 31.4. The molecule has 30 heteroatoms. The Labute approximate surface area is 592 Å². The lowest BCUT2D eigenvalue weighted by Crippen LogP contribution is -3.00. The van der Waals surface area contributed by atoms with Crippen molar-refractivity contribution in [1.29, 1.82) is 0 Å². The van der Waals surface area contributed by atoms with Gasteiger partial charge in [0.15, 0.2) is 23.6 Å². The number of aliphatic hydroxyl groups is 2. The van der Waals surface area contributed by atoms with E-state index in [-0.39, 0.29) is 108 Å². The molecule has 0 saturated carbocycles. The number of Topliss-reactive ketones (excluding diaryl/α,β-unsaturated/α-hetero) is 1. The molecule has 1 aromatic carbocycles. The van der Waals surface area contributed by atoms with Gasteiger partial charge in [0.25, 0.3) is 11.8 Å². The van der Waals surface area contributed by atoms with E-state index in [4.69, 9.17) is 51.5 Å². The van der Waals surface area contributed by atoms with Crippen molar-refractivity contribution in [3.63, 3.8) is 0 Å². The number of aliphatic carboxylic acids is 1. The number of quaternary nitrogens is 2. The summed E-state index contributed by atoms with van der Waals surface area (Å²) in [6.07, 6.45) is 10.1. The van der Waals surface area contributed by atoms with E-state index in [1.54, 1.807) is 103 Å². The average Bonchev–Trinajstić information content (AvgIpc) is 0.862. The molecule has 0 saturated heterocycles. The van der Waals surface area contributed by atoms with Gasteiger partial charge in [-0.15, -0.1) is 19.0 Å². The molecule has 16 N–H and O–H groups in total. The quantitative estimate of drug-likeness (QED) is 0.0255. The Morgan fingerprint density at radius 2 is 1.23 bits per heavy atom. The fraction of sp³-hybridized carbons (Fsp3) is 0.500. The lowest BCUT2D eigenvalue weighted by molar-refractivity contribution is -0.622. The molecule has 0 spiro atoms. The number of phenols is 2. The third-order valence-corrected chi connectivity index (χ3v) is 15.4. The number of carboxylic acid groups (broad SMARTS) is 1. The monoisotopic (exact) mass is 1440 g/mol. The molecule has 0 unspecified atom stereocenters. The maximum atomic E-state index is 13.5. The molecule has 1 aliphatic carbocycles. The summed E-state index contributed by atoms with van der Waals surface area (Å²) in [5.41, 5.74) is 13.6. The number of rotatable bonds is 16. The second-order valence-corrected chi connectivity index (χ2v) is 23.6. The minimum Gasteiger partial charge on any atom is -1.00 e. The Balaban J connectivity index is 0. The van der Waals surface area contributed by atoms with Crippen molar-refractivity contribution in [3.05, 3.63) is 131 Å². The first kappa shape index (κ1) is 92.5. The number of hydrogen-bond acceptors (Lipinski definition) is 21. The molecule has 550 valence electrons. The van der Waals surface area contributed by atoms with Gasteiger partial charge in [-0.2, -0.15) is 0 Å². The molecule has 27 nitrogen and oxygen atoms in total. The number of carbonyl (C=O) groups is 8. The minimum absolute atomic E-state index is 0. The van der Waals surface area contributed by atoms with Crippen LogP contribution in [0.3, 0.4) is 0 Å². The zero-order valence-electron chi connectivity index (χ0n) is 58.3. The second kappa shape index (κ2) is 48.3. The number of amides is 4. The third-order valence-electron chi connectivity index (χ3n) is 15.3. The third kappa shape index (κ3) is 31.6. The molecular weight excluding hydrogens is 1340 g/mol. The van der Waals surface area contributed by atoms with E-state index in [9.17, 15) is 63.9 Å². The van der Waals surface area contributed by atoms with Crippen molar-refractivity contribution in [2.45, 2.75) is 130 Å². The summed E-state index contributed by atoms with van der Waals surface area (Å²) in [6, 6.07) is 1.31. The maximum absolute atomic E-state index is 13.5. The van der Waals surface area contributed by atoms with Gasteiger partial charge in [-0.1, -0.05) is 89.0 Å². The van der Waals surface area contributed by atoms with E-state index in [1.807, 2.05) is 20.8 Å². The Hall–Kier alpha value is -7.51. The largest absolute Gasteiger partial charge is 1.00 e. The zero-order chi connectivity index (χ0) is 73.1. The van der Waals surface area contributed by atoms with Gasteiger partial charge in [0.1, 0.15) is 24.5 Å². The predicted molar refractivity (Wildman–Crippen MR) is 368 cm³/mol. The number of hydrogen-bond donors (Lipinski definition) is 12. The van der Waals surface area contributed by atoms with Gasteiger partial charge >= 0.3 is 12.2 Å². The number of phenolic OH excluding ortho intramolecular Hbond substituents is 2. The number of ketones is 2. The molecule has 0 fully saturated rings. The molecule has 2 aliphatic heterocycles. The van der Waals surface area contributed by atoms with Gasteiger partial charge in [-0.25, -0.2) is 9.59 Å². The normalized spacial score (nSPS) is 27.1. The number of primary amides is 2. The number of ether oxygens (including phenoxy) is 6. The summed E-state index contributed by atoms with van der Waals surface area (Å²) in [6.45, 7) is 22.5. The first-order chi connectivity index (χ1) is 45.2. The summed E-state index contributed by atoms with van der Waals surface area (Å²) in [7, 11) is 9.22. The highest BCUT2D eigenvalue weighted by Crippen LogP contribution is 2.41. The summed E-state index contributed by atoms with van der Waals surface area (Å²) >= 11 is 4.88. The highest BCUT2D eigenvalue weighted by atomic mass is 35.5. The topological polar surface area (TPSA) is 429 Å². The average molecular weight is 1440 g/mol. The van der Waals surface area contributed by atoms with E-state index >= 15 is 0 Å². The van der Waals surface area contributed by atoms with Crippen molar-refractivity contribution in [2.75, 3.05) is 74.0 Å². The smallest absolute Gasteiger partial charge is 0.405 e. The van der Waals surface area contributed by atoms with Gasteiger partial charge in [0, 0.05) is 75.7 Å². The number of aliphatic hydroxyl groups excluding tert-OH is 2. The molecule has 0 aromatic heterocycles. The summed E-state index contributed by atoms with van der Waals surface area (Å²) in [4.78, 5) is 95.2. The van der Waals surface area contributed by atoms with E-state index in [0.29, 0.717) is 53.8 Å². The van der Waals surface area contributed by atoms with Crippen molar-refractivity contribution >= 4 is 82.2 Å². The molecular formula is C68H103Cl3N8O19.